The van der Waals surface area contributed by atoms with Crippen LogP contribution in [0.3, 0.4) is 0 Å². The van der Waals surface area contributed by atoms with Crippen molar-refractivity contribution < 1.29 is 9.84 Å². The summed E-state index contributed by atoms with van der Waals surface area (Å²) in [5.41, 5.74) is -0.915. The van der Waals surface area contributed by atoms with Crippen LogP contribution in [0.25, 0.3) is 0 Å². The largest absolute Gasteiger partial charge is 0.394 e. The second-order valence-electron chi connectivity index (χ2n) is 3.87. The van der Waals surface area contributed by atoms with E-state index in [0.29, 0.717) is 6.42 Å². The first-order valence-electron chi connectivity index (χ1n) is 5.43. The number of nitrogens with zero attached hydrogens (tertiary/aromatic N) is 1. The number of aromatic amines is 1. The standard InChI is InChI=1S/C10H14N2O4S2/c1-17-18-7-4-9(16-6(7)5-13)12-3-2-8(14)11-10(12)15/h2-3,6-7,9,13H,4-5H2,1H3,(H,11,14,15)/t6-,7-,9-/m1/s1. The number of ether oxygens (including phenoxy) is 1. The highest BCUT2D eigenvalue weighted by Crippen LogP contribution is 2.39. The minimum absolute atomic E-state index is 0.0766. The highest BCUT2D eigenvalue weighted by atomic mass is 33.1. The van der Waals surface area contributed by atoms with Gasteiger partial charge < -0.3 is 9.84 Å². The minimum Gasteiger partial charge on any atom is -0.394 e. The van der Waals surface area contributed by atoms with Gasteiger partial charge in [0.1, 0.15) is 6.23 Å². The first-order chi connectivity index (χ1) is 8.65. The van der Waals surface area contributed by atoms with Gasteiger partial charge in [-0.1, -0.05) is 21.6 Å². The van der Waals surface area contributed by atoms with Crippen LogP contribution in [0.15, 0.2) is 21.9 Å². The van der Waals surface area contributed by atoms with Crippen molar-refractivity contribution in [3.05, 3.63) is 33.1 Å². The number of aliphatic hydroxyl groups excluding tert-OH is 1. The zero-order valence-electron chi connectivity index (χ0n) is 9.74. The van der Waals surface area contributed by atoms with E-state index in [2.05, 4.69) is 4.98 Å². The van der Waals surface area contributed by atoms with Crippen LogP contribution in [0.1, 0.15) is 12.6 Å². The maximum absolute atomic E-state index is 11.6. The van der Waals surface area contributed by atoms with Crippen LogP contribution in [-0.2, 0) is 4.74 Å². The molecule has 6 nitrogen and oxygen atoms in total. The minimum atomic E-state index is -0.487. The SMILES string of the molecule is CSS[C@@H]1C[C@H](n2ccc(=O)[nH]c2=O)O[C@@H]1CO. The van der Waals surface area contributed by atoms with E-state index in [1.54, 1.807) is 21.6 Å². The molecule has 1 aliphatic heterocycles. The van der Waals surface area contributed by atoms with Crippen molar-refractivity contribution in [2.75, 3.05) is 12.9 Å². The summed E-state index contributed by atoms with van der Waals surface area (Å²) in [6.07, 6.45) is 3.29. The highest BCUT2D eigenvalue weighted by molar-refractivity contribution is 8.76. The van der Waals surface area contributed by atoms with E-state index in [0.717, 1.165) is 0 Å². The number of hydrogen-bond donors (Lipinski definition) is 2. The van der Waals surface area contributed by atoms with Gasteiger partial charge in [-0.3, -0.25) is 14.3 Å². The summed E-state index contributed by atoms with van der Waals surface area (Å²) in [7, 11) is 3.23. The van der Waals surface area contributed by atoms with Crippen LogP contribution in [0.4, 0.5) is 0 Å². The van der Waals surface area contributed by atoms with Gasteiger partial charge in [-0.25, -0.2) is 4.79 Å². The number of hydrogen-bond acceptors (Lipinski definition) is 6. The van der Waals surface area contributed by atoms with Gasteiger partial charge in [0, 0.05) is 23.9 Å². The molecule has 18 heavy (non-hydrogen) atoms. The van der Waals surface area contributed by atoms with E-state index in [9.17, 15) is 14.7 Å². The van der Waals surface area contributed by atoms with Crippen LogP contribution in [0, 0.1) is 0 Å². The van der Waals surface area contributed by atoms with Crippen molar-refractivity contribution in [2.24, 2.45) is 0 Å². The monoisotopic (exact) mass is 290 g/mol. The molecule has 0 amide bonds. The molecule has 2 rings (SSSR count). The van der Waals surface area contributed by atoms with Gasteiger partial charge in [-0.2, -0.15) is 0 Å². The lowest BCUT2D eigenvalue weighted by molar-refractivity contribution is -0.0237. The Kier molecular flexibility index (Phi) is 4.55. The Morgan fingerprint density at radius 3 is 3.00 bits per heavy atom. The molecule has 8 heteroatoms. The molecule has 1 fully saturated rings. The molecule has 0 aromatic carbocycles. The molecule has 2 N–H and O–H groups in total. The summed E-state index contributed by atoms with van der Waals surface area (Å²) in [6.45, 7) is -0.0766. The zero-order chi connectivity index (χ0) is 13.1. The lowest BCUT2D eigenvalue weighted by Gasteiger charge is -2.14. The second kappa shape index (κ2) is 5.96. The fourth-order valence-corrected chi connectivity index (χ4v) is 4.03. The summed E-state index contributed by atoms with van der Waals surface area (Å²) >= 11 is 0. The normalized spacial score (nSPS) is 27.6. The Morgan fingerprint density at radius 1 is 1.61 bits per heavy atom. The second-order valence-corrected chi connectivity index (χ2v) is 6.57. The molecule has 1 aromatic heterocycles. The van der Waals surface area contributed by atoms with Crippen molar-refractivity contribution in [2.45, 2.75) is 24.0 Å². The Labute approximate surface area is 111 Å². The van der Waals surface area contributed by atoms with Crippen molar-refractivity contribution >= 4 is 21.6 Å². The third kappa shape index (κ3) is 2.82. The van der Waals surface area contributed by atoms with Gasteiger partial charge in [0.05, 0.1) is 12.7 Å². The Morgan fingerprint density at radius 2 is 2.39 bits per heavy atom. The third-order valence-corrected chi connectivity index (χ3v) is 5.00. The molecule has 0 unspecified atom stereocenters. The number of aromatic nitrogens is 2. The third-order valence-electron chi connectivity index (χ3n) is 2.74. The van der Waals surface area contributed by atoms with E-state index >= 15 is 0 Å². The Balaban J connectivity index is 2.20. The Bertz CT molecular complexity index is 515. The van der Waals surface area contributed by atoms with Gasteiger partial charge >= 0.3 is 5.69 Å². The average Bonchev–Trinajstić information content (AvgIpc) is 2.72. The molecular weight excluding hydrogens is 276 g/mol. The smallest absolute Gasteiger partial charge is 0.330 e. The summed E-state index contributed by atoms with van der Waals surface area (Å²) in [6, 6.07) is 1.29. The molecule has 2 heterocycles. The summed E-state index contributed by atoms with van der Waals surface area (Å²) < 4.78 is 6.99. The number of H-pyrrole nitrogens is 1. The number of nitrogens with one attached hydrogen (secondary N) is 1. The molecule has 1 saturated heterocycles. The summed E-state index contributed by atoms with van der Waals surface area (Å²) in [5.74, 6) is 0. The van der Waals surface area contributed by atoms with Gasteiger partial charge in [-0.15, -0.1) is 0 Å². The predicted octanol–water partition coefficient (Wildman–Crippen LogP) is 0.196. The van der Waals surface area contributed by atoms with Crippen LogP contribution in [-0.4, -0.2) is 38.9 Å². The first kappa shape index (κ1) is 13.7. The Hall–Kier alpha value is -0.700. The van der Waals surface area contributed by atoms with Crippen molar-refractivity contribution in [1.29, 1.82) is 0 Å². The fourth-order valence-electron chi connectivity index (χ4n) is 1.91. The van der Waals surface area contributed by atoms with Crippen LogP contribution in [0.5, 0.6) is 0 Å². The van der Waals surface area contributed by atoms with Crippen LogP contribution < -0.4 is 11.2 Å². The van der Waals surface area contributed by atoms with Gasteiger partial charge in [0.25, 0.3) is 5.56 Å². The van der Waals surface area contributed by atoms with Crippen LogP contribution >= 0.6 is 21.6 Å². The molecule has 0 spiro atoms. The van der Waals surface area contributed by atoms with Crippen LogP contribution in [0.2, 0.25) is 0 Å². The maximum atomic E-state index is 11.6. The predicted molar refractivity (Wildman–Crippen MR) is 71.8 cm³/mol. The zero-order valence-corrected chi connectivity index (χ0v) is 11.4. The van der Waals surface area contributed by atoms with Gasteiger partial charge in [0.15, 0.2) is 0 Å². The lowest BCUT2D eigenvalue weighted by atomic mass is 10.2. The van der Waals surface area contributed by atoms with E-state index in [1.807, 2.05) is 6.26 Å². The van der Waals surface area contributed by atoms with E-state index in [4.69, 9.17) is 4.74 Å². The molecule has 1 aliphatic rings. The molecule has 0 radical (unpaired) electrons. The van der Waals surface area contributed by atoms with Crippen molar-refractivity contribution in [3.63, 3.8) is 0 Å². The molecule has 0 aliphatic carbocycles. The molecule has 0 bridgehead atoms. The topological polar surface area (TPSA) is 84.3 Å². The van der Waals surface area contributed by atoms with Crippen molar-refractivity contribution in [3.8, 4) is 0 Å². The lowest BCUT2D eigenvalue weighted by Crippen LogP contribution is -2.31. The molecule has 100 valence electrons. The van der Waals surface area contributed by atoms with Crippen molar-refractivity contribution in [1.82, 2.24) is 9.55 Å². The summed E-state index contributed by atoms with van der Waals surface area (Å²) in [4.78, 5) is 24.8. The number of rotatable bonds is 4. The molecule has 3 atom stereocenters. The molecule has 0 saturated carbocycles. The average molecular weight is 290 g/mol. The molecule has 1 aromatic rings. The quantitative estimate of drug-likeness (QED) is 0.771. The van der Waals surface area contributed by atoms with E-state index < -0.39 is 17.5 Å². The van der Waals surface area contributed by atoms with Gasteiger partial charge in [-0.05, 0) is 6.26 Å². The first-order valence-corrected chi connectivity index (χ1v) is 8.05. The fraction of sp³-hybridized carbons (Fsp3) is 0.600. The number of aliphatic hydroxyl groups is 1. The maximum Gasteiger partial charge on any atom is 0.330 e. The summed E-state index contributed by atoms with van der Waals surface area (Å²) in [5, 5.41) is 9.38. The highest BCUT2D eigenvalue weighted by Gasteiger charge is 2.36. The van der Waals surface area contributed by atoms with Gasteiger partial charge in [0.2, 0.25) is 0 Å². The van der Waals surface area contributed by atoms with E-state index in [-0.39, 0.29) is 18.0 Å². The molecular formula is C10H14N2O4S2. The van der Waals surface area contributed by atoms with E-state index in [1.165, 1.54) is 16.8 Å².